The Hall–Kier alpha value is -2.69. The van der Waals surface area contributed by atoms with Gasteiger partial charge in [0.15, 0.2) is 0 Å². The van der Waals surface area contributed by atoms with Crippen LogP contribution in [-0.2, 0) is 0 Å². The maximum Gasteiger partial charge on any atom is 0.261 e. The van der Waals surface area contributed by atoms with Gasteiger partial charge in [0.05, 0.1) is 5.56 Å². The maximum atomic E-state index is 12.2. The maximum absolute atomic E-state index is 12.2. The summed E-state index contributed by atoms with van der Waals surface area (Å²) < 4.78 is 0. The van der Waals surface area contributed by atoms with Crippen LogP contribution in [0.2, 0.25) is 0 Å². The number of hydrogen-bond acceptors (Lipinski definition) is 4. The molecule has 0 bridgehead atoms. The lowest BCUT2D eigenvalue weighted by Gasteiger charge is -2.18. The van der Waals surface area contributed by atoms with Crippen LogP contribution in [0.25, 0.3) is 0 Å². The summed E-state index contributed by atoms with van der Waals surface area (Å²) in [5, 5.41) is 18.9. The number of phenols is 2. The van der Waals surface area contributed by atoms with Gasteiger partial charge >= 0.3 is 0 Å². The molecular formula is C14H14N2O3. The molecule has 0 fully saturated rings. The van der Waals surface area contributed by atoms with Crippen LogP contribution in [0.1, 0.15) is 10.4 Å². The molecule has 0 aliphatic carbocycles. The molecule has 0 aliphatic rings. The van der Waals surface area contributed by atoms with Crippen LogP contribution in [0, 0.1) is 0 Å². The highest BCUT2D eigenvalue weighted by atomic mass is 16.3. The standard InChI is InChI=1S/C14H14N2O3/c1-16(10-4-2-9(15)3-5-10)14(19)12-7-6-11(17)8-13(12)18/h2-8,17-18H,15H2,1H3. The molecule has 2 rings (SSSR count). The second-order valence-corrected chi connectivity index (χ2v) is 4.16. The van der Waals surface area contributed by atoms with Crippen molar-refractivity contribution in [2.75, 3.05) is 17.7 Å². The third-order valence-electron chi connectivity index (χ3n) is 2.80. The molecule has 0 unspecified atom stereocenters. The number of hydrogen-bond donors (Lipinski definition) is 3. The Labute approximate surface area is 110 Å². The van der Waals surface area contributed by atoms with Crippen molar-refractivity contribution in [2.24, 2.45) is 0 Å². The van der Waals surface area contributed by atoms with Gasteiger partial charge in [0.2, 0.25) is 0 Å². The van der Waals surface area contributed by atoms with Crippen molar-refractivity contribution < 1.29 is 15.0 Å². The number of benzene rings is 2. The van der Waals surface area contributed by atoms with Crippen LogP contribution in [-0.4, -0.2) is 23.2 Å². The van der Waals surface area contributed by atoms with Gasteiger partial charge in [-0.05, 0) is 36.4 Å². The zero-order valence-corrected chi connectivity index (χ0v) is 10.4. The molecule has 5 heteroatoms. The van der Waals surface area contributed by atoms with Gasteiger partial charge in [0.25, 0.3) is 5.91 Å². The SMILES string of the molecule is CN(C(=O)c1ccc(O)cc1O)c1ccc(N)cc1. The summed E-state index contributed by atoms with van der Waals surface area (Å²) in [5.74, 6) is -0.723. The summed E-state index contributed by atoms with van der Waals surface area (Å²) in [6.45, 7) is 0. The Morgan fingerprint density at radius 1 is 1.11 bits per heavy atom. The molecule has 0 aromatic heterocycles. The minimum atomic E-state index is -0.373. The second kappa shape index (κ2) is 4.89. The van der Waals surface area contributed by atoms with E-state index in [1.807, 2.05) is 0 Å². The molecule has 0 radical (unpaired) electrons. The highest BCUT2D eigenvalue weighted by molar-refractivity contribution is 6.07. The third kappa shape index (κ3) is 2.60. The smallest absolute Gasteiger partial charge is 0.261 e. The Balaban J connectivity index is 2.30. The summed E-state index contributed by atoms with van der Waals surface area (Å²) in [6.07, 6.45) is 0. The number of nitrogens with zero attached hydrogens (tertiary/aromatic N) is 1. The largest absolute Gasteiger partial charge is 0.508 e. The summed E-state index contributed by atoms with van der Waals surface area (Å²) in [6, 6.07) is 10.7. The van der Waals surface area contributed by atoms with E-state index in [-0.39, 0.29) is 23.0 Å². The van der Waals surface area contributed by atoms with E-state index in [4.69, 9.17) is 5.73 Å². The number of rotatable bonds is 2. The molecule has 0 atom stereocenters. The molecule has 2 aromatic carbocycles. The van der Waals surface area contributed by atoms with Gasteiger partial charge in [-0.3, -0.25) is 4.79 Å². The fraction of sp³-hybridized carbons (Fsp3) is 0.0714. The predicted octanol–water partition coefficient (Wildman–Crippen LogP) is 1.96. The van der Waals surface area contributed by atoms with Gasteiger partial charge in [-0.1, -0.05) is 0 Å². The zero-order valence-electron chi connectivity index (χ0n) is 10.4. The van der Waals surface area contributed by atoms with Crippen LogP contribution in [0.15, 0.2) is 42.5 Å². The van der Waals surface area contributed by atoms with E-state index < -0.39 is 0 Å². The van der Waals surface area contributed by atoms with Crippen molar-refractivity contribution in [1.82, 2.24) is 0 Å². The fourth-order valence-electron chi connectivity index (χ4n) is 1.70. The van der Waals surface area contributed by atoms with Crippen LogP contribution in [0.3, 0.4) is 0 Å². The predicted molar refractivity (Wildman–Crippen MR) is 73.4 cm³/mol. The molecule has 2 aromatic rings. The Kier molecular flexibility index (Phi) is 3.29. The second-order valence-electron chi connectivity index (χ2n) is 4.16. The van der Waals surface area contributed by atoms with Crippen molar-refractivity contribution in [2.45, 2.75) is 0 Å². The highest BCUT2D eigenvalue weighted by Gasteiger charge is 2.17. The van der Waals surface area contributed by atoms with E-state index in [0.29, 0.717) is 11.4 Å². The lowest BCUT2D eigenvalue weighted by Crippen LogP contribution is -2.26. The Morgan fingerprint density at radius 2 is 1.74 bits per heavy atom. The number of aromatic hydroxyl groups is 2. The van der Waals surface area contributed by atoms with Crippen molar-refractivity contribution in [3.8, 4) is 11.5 Å². The van der Waals surface area contributed by atoms with E-state index in [1.165, 1.54) is 17.0 Å². The van der Waals surface area contributed by atoms with Gasteiger partial charge in [-0.15, -0.1) is 0 Å². The van der Waals surface area contributed by atoms with E-state index in [9.17, 15) is 15.0 Å². The minimum Gasteiger partial charge on any atom is -0.508 e. The Bertz CT molecular complexity index is 609. The molecular weight excluding hydrogens is 244 g/mol. The number of carbonyl (C=O) groups is 1. The average Bonchev–Trinajstić information content (AvgIpc) is 2.38. The average molecular weight is 258 g/mol. The first-order valence-corrected chi connectivity index (χ1v) is 5.64. The summed E-state index contributed by atoms with van der Waals surface area (Å²) in [7, 11) is 1.60. The number of carbonyl (C=O) groups excluding carboxylic acids is 1. The number of nitrogen functional groups attached to an aromatic ring is 1. The highest BCUT2D eigenvalue weighted by Crippen LogP contribution is 2.25. The van der Waals surface area contributed by atoms with Crippen molar-refractivity contribution >= 4 is 17.3 Å². The number of phenolic OH excluding ortho intramolecular Hbond substituents is 2. The first-order valence-electron chi connectivity index (χ1n) is 5.64. The van der Waals surface area contributed by atoms with E-state index in [0.717, 1.165) is 6.07 Å². The van der Waals surface area contributed by atoms with Crippen molar-refractivity contribution in [3.05, 3.63) is 48.0 Å². The van der Waals surface area contributed by atoms with Gasteiger partial charge in [0, 0.05) is 24.5 Å². The van der Waals surface area contributed by atoms with Crippen molar-refractivity contribution in [1.29, 1.82) is 0 Å². The number of nitrogens with two attached hydrogens (primary N) is 1. The molecule has 4 N–H and O–H groups in total. The summed E-state index contributed by atoms with van der Waals surface area (Å²) in [4.78, 5) is 13.6. The molecule has 19 heavy (non-hydrogen) atoms. The van der Waals surface area contributed by atoms with Gasteiger partial charge in [0.1, 0.15) is 11.5 Å². The fourth-order valence-corrected chi connectivity index (χ4v) is 1.70. The van der Waals surface area contributed by atoms with Crippen molar-refractivity contribution in [3.63, 3.8) is 0 Å². The molecule has 98 valence electrons. The van der Waals surface area contributed by atoms with Crippen LogP contribution < -0.4 is 10.6 Å². The molecule has 1 amide bonds. The van der Waals surface area contributed by atoms with E-state index >= 15 is 0 Å². The van der Waals surface area contributed by atoms with Gasteiger partial charge in [-0.2, -0.15) is 0 Å². The van der Waals surface area contributed by atoms with Gasteiger partial charge in [-0.25, -0.2) is 0 Å². The topological polar surface area (TPSA) is 86.8 Å². The molecule has 0 saturated heterocycles. The third-order valence-corrected chi connectivity index (χ3v) is 2.80. The van der Waals surface area contributed by atoms with Gasteiger partial charge < -0.3 is 20.8 Å². The van der Waals surface area contributed by atoms with E-state index in [2.05, 4.69) is 0 Å². The van der Waals surface area contributed by atoms with Crippen LogP contribution in [0.4, 0.5) is 11.4 Å². The summed E-state index contributed by atoms with van der Waals surface area (Å²) in [5.41, 5.74) is 6.97. The molecule has 0 spiro atoms. The zero-order chi connectivity index (χ0) is 14.0. The van der Waals surface area contributed by atoms with Crippen LogP contribution >= 0.6 is 0 Å². The Morgan fingerprint density at radius 3 is 2.32 bits per heavy atom. The first-order chi connectivity index (χ1) is 8.99. The van der Waals surface area contributed by atoms with E-state index in [1.54, 1.807) is 31.3 Å². The normalized spacial score (nSPS) is 10.2. The molecule has 0 heterocycles. The lowest BCUT2D eigenvalue weighted by molar-refractivity contribution is 0.0990. The monoisotopic (exact) mass is 258 g/mol. The quantitative estimate of drug-likeness (QED) is 0.718. The first kappa shape index (κ1) is 12.8. The lowest BCUT2D eigenvalue weighted by atomic mass is 10.1. The summed E-state index contributed by atoms with van der Waals surface area (Å²) >= 11 is 0. The van der Waals surface area contributed by atoms with Crippen LogP contribution in [0.5, 0.6) is 11.5 Å². The number of anilines is 2. The number of amides is 1. The molecule has 0 saturated carbocycles. The minimum absolute atomic E-state index is 0.0933. The molecule has 0 aliphatic heterocycles. The molecule has 5 nitrogen and oxygen atoms in total.